The third-order valence-electron chi connectivity index (χ3n) is 1.70. The highest BCUT2D eigenvalue weighted by Gasteiger charge is 2.08. The second kappa shape index (κ2) is 3.58. The number of hydrogen-bond acceptors (Lipinski definition) is 3. The Labute approximate surface area is 83.8 Å². The fraction of sp³-hybridized carbons (Fsp3) is 0.375. The molecule has 1 aromatic heterocycles. The van der Waals surface area contributed by atoms with Gasteiger partial charge in [-0.05, 0) is 28.4 Å². The van der Waals surface area contributed by atoms with Gasteiger partial charge in [0, 0.05) is 22.9 Å². The van der Waals surface area contributed by atoms with Crippen LogP contribution in [0, 0.1) is 0 Å². The van der Waals surface area contributed by atoms with Crippen LogP contribution in [-0.4, -0.2) is 18.9 Å². The fourth-order valence-electron chi connectivity index (χ4n) is 1.13. The molecule has 0 aliphatic carbocycles. The van der Waals surface area contributed by atoms with E-state index in [4.69, 9.17) is 0 Å². The van der Waals surface area contributed by atoms with Crippen LogP contribution in [0.2, 0.25) is 0 Å². The first kappa shape index (κ1) is 8.26. The summed E-state index contributed by atoms with van der Waals surface area (Å²) in [4.78, 5) is 5.63. The minimum absolute atomic E-state index is 0.956. The molecular weight excluding hydrogens is 236 g/mol. The summed E-state index contributed by atoms with van der Waals surface area (Å²) in [7, 11) is 0. The van der Waals surface area contributed by atoms with Gasteiger partial charge in [-0.2, -0.15) is 0 Å². The largest absolute Gasteiger partial charge is 0.369 e. The van der Waals surface area contributed by atoms with Crippen molar-refractivity contribution in [1.82, 2.24) is 5.32 Å². The van der Waals surface area contributed by atoms with Crippen molar-refractivity contribution in [2.24, 2.45) is 4.99 Å². The summed E-state index contributed by atoms with van der Waals surface area (Å²) >= 11 is 5.14. The number of hydrogen-bond donors (Lipinski definition) is 1. The van der Waals surface area contributed by atoms with Gasteiger partial charge in [-0.3, -0.25) is 4.99 Å². The highest BCUT2D eigenvalue weighted by molar-refractivity contribution is 9.10. The van der Waals surface area contributed by atoms with E-state index >= 15 is 0 Å². The lowest BCUT2D eigenvalue weighted by atomic mass is 10.3. The normalized spacial score (nSPS) is 16.9. The summed E-state index contributed by atoms with van der Waals surface area (Å²) in [5.41, 5.74) is 0. The highest BCUT2D eigenvalue weighted by Crippen LogP contribution is 2.20. The van der Waals surface area contributed by atoms with Crippen molar-refractivity contribution >= 4 is 33.1 Å². The zero-order valence-electron chi connectivity index (χ0n) is 6.51. The molecule has 0 spiro atoms. The molecule has 4 heteroatoms. The quantitative estimate of drug-likeness (QED) is 0.806. The molecule has 0 aromatic carbocycles. The van der Waals surface area contributed by atoms with Crippen molar-refractivity contribution in [3.63, 3.8) is 0 Å². The Morgan fingerprint density at radius 2 is 2.50 bits per heavy atom. The van der Waals surface area contributed by atoms with Crippen molar-refractivity contribution in [2.45, 2.75) is 6.42 Å². The van der Waals surface area contributed by atoms with Gasteiger partial charge < -0.3 is 5.32 Å². The number of halogens is 1. The first-order chi connectivity index (χ1) is 5.86. The monoisotopic (exact) mass is 244 g/mol. The van der Waals surface area contributed by atoms with Gasteiger partial charge in [-0.1, -0.05) is 0 Å². The summed E-state index contributed by atoms with van der Waals surface area (Å²) < 4.78 is 1.14. The maximum atomic E-state index is 4.41. The molecule has 0 amide bonds. The van der Waals surface area contributed by atoms with Crippen LogP contribution in [0.25, 0.3) is 0 Å². The number of rotatable bonds is 1. The minimum Gasteiger partial charge on any atom is -0.369 e. The van der Waals surface area contributed by atoms with Crippen LogP contribution in [0.15, 0.2) is 20.9 Å². The number of thiophene rings is 1. The first-order valence-corrected chi connectivity index (χ1v) is 5.56. The molecule has 2 heterocycles. The average Bonchev–Trinajstić information content (AvgIpc) is 2.54. The van der Waals surface area contributed by atoms with Gasteiger partial charge in [0.15, 0.2) is 0 Å². The third kappa shape index (κ3) is 1.69. The van der Waals surface area contributed by atoms with Gasteiger partial charge >= 0.3 is 0 Å². The molecule has 1 aromatic rings. The Hall–Kier alpha value is -0.350. The zero-order chi connectivity index (χ0) is 8.39. The first-order valence-electron chi connectivity index (χ1n) is 3.89. The van der Waals surface area contributed by atoms with E-state index in [9.17, 15) is 0 Å². The molecule has 1 aliphatic rings. The Balaban J connectivity index is 2.23. The maximum absolute atomic E-state index is 4.41. The smallest absolute Gasteiger partial charge is 0.138 e. The summed E-state index contributed by atoms with van der Waals surface area (Å²) in [5, 5.41) is 5.37. The summed E-state index contributed by atoms with van der Waals surface area (Å²) in [6.07, 6.45) is 1.15. The lowest BCUT2D eigenvalue weighted by Gasteiger charge is -2.12. The Bertz CT molecular complexity index is 306. The second-order valence-electron chi connectivity index (χ2n) is 2.64. The predicted octanol–water partition coefficient (Wildman–Crippen LogP) is 2.25. The molecule has 0 radical (unpaired) electrons. The average molecular weight is 245 g/mol. The van der Waals surface area contributed by atoms with Crippen LogP contribution in [-0.2, 0) is 0 Å². The molecule has 64 valence electrons. The zero-order valence-corrected chi connectivity index (χ0v) is 8.91. The Kier molecular flexibility index (Phi) is 2.46. The molecule has 0 saturated heterocycles. The van der Waals surface area contributed by atoms with E-state index in [2.05, 4.69) is 37.7 Å². The summed E-state index contributed by atoms with van der Waals surface area (Å²) in [6, 6.07) is 2.10. The summed E-state index contributed by atoms with van der Waals surface area (Å²) in [5.74, 6) is 1.05. The standard InChI is InChI=1S/C8H9BrN2S/c9-6-4-7(12-5-6)8-10-2-1-3-11-8/h4-5H,1-3H2,(H,10,11). The Morgan fingerprint density at radius 1 is 1.58 bits per heavy atom. The SMILES string of the molecule is Brc1csc(C2=NCCCN2)c1. The second-order valence-corrected chi connectivity index (χ2v) is 4.47. The molecule has 12 heavy (non-hydrogen) atoms. The molecule has 0 fully saturated rings. The lowest BCUT2D eigenvalue weighted by Crippen LogP contribution is -2.29. The number of nitrogens with zero attached hydrogens (tertiary/aromatic N) is 1. The van der Waals surface area contributed by atoms with Crippen molar-refractivity contribution in [3.05, 3.63) is 20.8 Å². The van der Waals surface area contributed by atoms with Gasteiger partial charge in [0.05, 0.1) is 4.88 Å². The molecule has 0 unspecified atom stereocenters. The fourth-order valence-corrected chi connectivity index (χ4v) is 2.55. The molecule has 0 saturated carbocycles. The highest BCUT2D eigenvalue weighted by atomic mass is 79.9. The van der Waals surface area contributed by atoms with Crippen LogP contribution in [0.5, 0.6) is 0 Å². The van der Waals surface area contributed by atoms with Crippen molar-refractivity contribution in [3.8, 4) is 0 Å². The van der Waals surface area contributed by atoms with Gasteiger partial charge in [0.25, 0.3) is 0 Å². The predicted molar refractivity (Wildman–Crippen MR) is 56.0 cm³/mol. The van der Waals surface area contributed by atoms with Crippen LogP contribution in [0.1, 0.15) is 11.3 Å². The van der Waals surface area contributed by atoms with Crippen LogP contribution >= 0.6 is 27.3 Å². The third-order valence-corrected chi connectivity index (χ3v) is 3.40. The van der Waals surface area contributed by atoms with E-state index in [1.54, 1.807) is 11.3 Å². The van der Waals surface area contributed by atoms with Gasteiger partial charge in [0.2, 0.25) is 0 Å². The molecule has 0 bridgehead atoms. The van der Waals surface area contributed by atoms with Gasteiger partial charge in [-0.15, -0.1) is 11.3 Å². The van der Waals surface area contributed by atoms with E-state index in [-0.39, 0.29) is 0 Å². The molecule has 2 nitrogen and oxygen atoms in total. The summed E-state index contributed by atoms with van der Waals surface area (Å²) in [6.45, 7) is 2.01. The molecular formula is C8H9BrN2S. The van der Waals surface area contributed by atoms with Crippen LogP contribution in [0.4, 0.5) is 0 Å². The van der Waals surface area contributed by atoms with Crippen LogP contribution < -0.4 is 5.32 Å². The van der Waals surface area contributed by atoms with Crippen molar-refractivity contribution in [1.29, 1.82) is 0 Å². The topological polar surface area (TPSA) is 24.4 Å². The van der Waals surface area contributed by atoms with Gasteiger partial charge in [0.1, 0.15) is 5.84 Å². The van der Waals surface area contributed by atoms with E-state index in [1.165, 1.54) is 4.88 Å². The number of nitrogens with one attached hydrogen (secondary N) is 1. The van der Waals surface area contributed by atoms with E-state index in [0.29, 0.717) is 0 Å². The number of amidine groups is 1. The van der Waals surface area contributed by atoms with E-state index in [0.717, 1.165) is 29.8 Å². The van der Waals surface area contributed by atoms with Gasteiger partial charge in [-0.25, -0.2) is 0 Å². The van der Waals surface area contributed by atoms with Crippen molar-refractivity contribution < 1.29 is 0 Å². The maximum Gasteiger partial charge on any atom is 0.138 e. The molecule has 0 atom stereocenters. The minimum atomic E-state index is 0.956. The van der Waals surface area contributed by atoms with E-state index in [1.807, 2.05) is 0 Å². The Morgan fingerprint density at radius 3 is 3.08 bits per heavy atom. The lowest BCUT2D eigenvalue weighted by molar-refractivity contribution is 0.743. The number of aliphatic imine (C=N–C) groups is 1. The van der Waals surface area contributed by atoms with Crippen LogP contribution in [0.3, 0.4) is 0 Å². The molecule has 1 aliphatic heterocycles. The van der Waals surface area contributed by atoms with Crippen molar-refractivity contribution in [2.75, 3.05) is 13.1 Å². The van der Waals surface area contributed by atoms with E-state index < -0.39 is 0 Å². The molecule has 2 rings (SSSR count). The molecule has 1 N–H and O–H groups in total.